The Bertz CT molecular complexity index is 517. The third-order valence-corrected chi connectivity index (χ3v) is 3.95. The van der Waals surface area contributed by atoms with Gasteiger partial charge in [0.05, 0.1) is 4.92 Å². The van der Waals surface area contributed by atoms with Crippen molar-refractivity contribution in [2.24, 2.45) is 11.8 Å². The quantitative estimate of drug-likeness (QED) is 0.510. The minimum Gasteiger partial charge on any atom is -0.361 e. The van der Waals surface area contributed by atoms with Gasteiger partial charge in [-0.2, -0.15) is 4.98 Å². The second-order valence-electron chi connectivity index (χ2n) is 5.38. The Morgan fingerprint density at radius 2 is 1.89 bits per heavy atom. The number of hydrogen-bond donors (Lipinski definition) is 1. The molecule has 0 amide bonds. The lowest BCUT2D eigenvalue weighted by atomic mass is 10.1. The van der Waals surface area contributed by atoms with Gasteiger partial charge in [-0.1, -0.05) is 0 Å². The number of anilines is 1. The zero-order chi connectivity index (χ0) is 13.6. The van der Waals surface area contributed by atoms with E-state index in [0.717, 1.165) is 0 Å². The van der Waals surface area contributed by atoms with Crippen LogP contribution in [0.4, 0.5) is 11.5 Å². The Labute approximate surface area is 115 Å². The van der Waals surface area contributed by atoms with E-state index in [1.54, 1.807) is 6.92 Å². The molecule has 2 fully saturated rings. The zero-order valence-corrected chi connectivity index (χ0v) is 11.4. The summed E-state index contributed by atoms with van der Waals surface area (Å²) in [4.78, 5) is 18.6. The lowest BCUT2D eigenvalue weighted by molar-refractivity contribution is -0.385. The first-order valence-electron chi connectivity index (χ1n) is 6.51. The Hall–Kier alpha value is -1.43. The van der Waals surface area contributed by atoms with Gasteiger partial charge in [0.15, 0.2) is 0 Å². The van der Waals surface area contributed by atoms with Gasteiger partial charge in [0.1, 0.15) is 5.69 Å². The number of nitrogens with one attached hydrogen (secondary N) is 1. The molecule has 2 aliphatic carbocycles. The molecule has 6 nitrogen and oxygen atoms in total. The Balaban J connectivity index is 1.91. The van der Waals surface area contributed by atoms with E-state index in [2.05, 4.69) is 15.3 Å². The lowest BCUT2D eigenvalue weighted by Gasteiger charge is -2.18. The van der Waals surface area contributed by atoms with Crippen LogP contribution in [0.3, 0.4) is 0 Å². The van der Waals surface area contributed by atoms with Crippen molar-refractivity contribution in [3.63, 3.8) is 0 Å². The van der Waals surface area contributed by atoms with Crippen molar-refractivity contribution in [3.8, 4) is 0 Å². The minimum atomic E-state index is -0.440. The Morgan fingerprint density at radius 1 is 1.32 bits per heavy atom. The van der Waals surface area contributed by atoms with Gasteiger partial charge in [0, 0.05) is 6.04 Å². The standard InChI is InChI=1S/C12H15ClN4O2/c1-6-10(17(18)19)11(16-12(13)14-6)15-9(7-2-3-7)8-4-5-8/h7-9H,2-5H2,1H3,(H,14,15,16). The van der Waals surface area contributed by atoms with E-state index < -0.39 is 4.92 Å². The lowest BCUT2D eigenvalue weighted by Crippen LogP contribution is -2.25. The molecule has 0 atom stereocenters. The summed E-state index contributed by atoms with van der Waals surface area (Å²) in [6.07, 6.45) is 4.78. The maximum Gasteiger partial charge on any atom is 0.332 e. The molecule has 2 aliphatic rings. The SMILES string of the molecule is Cc1nc(Cl)nc(NC(C2CC2)C2CC2)c1[N+](=O)[O-]. The predicted molar refractivity (Wildman–Crippen MR) is 71.3 cm³/mol. The molecule has 0 radical (unpaired) electrons. The van der Waals surface area contributed by atoms with E-state index in [0.29, 0.717) is 23.6 Å². The smallest absolute Gasteiger partial charge is 0.332 e. The third-order valence-electron chi connectivity index (χ3n) is 3.78. The summed E-state index contributed by atoms with van der Waals surface area (Å²) < 4.78 is 0. The molecule has 3 rings (SSSR count). The molecule has 0 saturated heterocycles. The maximum absolute atomic E-state index is 11.1. The van der Waals surface area contributed by atoms with Crippen molar-refractivity contribution in [1.82, 2.24) is 9.97 Å². The second-order valence-corrected chi connectivity index (χ2v) is 5.72. The van der Waals surface area contributed by atoms with Crippen LogP contribution in [0.25, 0.3) is 0 Å². The normalized spacial score (nSPS) is 18.7. The summed E-state index contributed by atoms with van der Waals surface area (Å²) in [7, 11) is 0. The molecule has 102 valence electrons. The van der Waals surface area contributed by atoms with Gasteiger partial charge in [0.25, 0.3) is 0 Å². The molecule has 19 heavy (non-hydrogen) atoms. The van der Waals surface area contributed by atoms with E-state index in [-0.39, 0.29) is 16.8 Å². The summed E-state index contributed by atoms with van der Waals surface area (Å²) in [5.74, 6) is 1.52. The van der Waals surface area contributed by atoms with E-state index in [1.165, 1.54) is 25.7 Å². The fourth-order valence-corrected chi connectivity index (χ4v) is 2.75. The van der Waals surface area contributed by atoms with Gasteiger partial charge in [0.2, 0.25) is 11.1 Å². The van der Waals surface area contributed by atoms with Crippen LogP contribution in [0.1, 0.15) is 31.4 Å². The topological polar surface area (TPSA) is 81.0 Å². The minimum absolute atomic E-state index is 0.0518. The van der Waals surface area contributed by atoms with Crippen molar-refractivity contribution in [1.29, 1.82) is 0 Å². The molecular formula is C12H15ClN4O2. The molecule has 1 aromatic rings. The number of rotatable bonds is 5. The number of aromatic nitrogens is 2. The van der Waals surface area contributed by atoms with Crippen LogP contribution in [0.15, 0.2) is 0 Å². The zero-order valence-electron chi connectivity index (χ0n) is 10.6. The fraction of sp³-hybridized carbons (Fsp3) is 0.667. The van der Waals surface area contributed by atoms with Crippen LogP contribution < -0.4 is 5.32 Å². The number of aryl methyl sites for hydroxylation is 1. The van der Waals surface area contributed by atoms with Gasteiger partial charge in [-0.15, -0.1) is 0 Å². The highest BCUT2D eigenvalue weighted by molar-refractivity contribution is 6.28. The van der Waals surface area contributed by atoms with Crippen LogP contribution in [0, 0.1) is 28.9 Å². The Kier molecular flexibility index (Phi) is 3.05. The number of nitro groups is 1. The first kappa shape index (κ1) is 12.6. The van der Waals surface area contributed by atoms with Crippen molar-refractivity contribution < 1.29 is 4.92 Å². The van der Waals surface area contributed by atoms with Gasteiger partial charge in [-0.05, 0) is 56.0 Å². The molecule has 0 unspecified atom stereocenters. The maximum atomic E-state index is 11.1. The summed E-state index contributed by atoms with van der Waals surface area (Å²) in [5, 5.41) is 14.5. The summed E-state index contributed by atoms with van der Waals surface area (Å²) in [6.45, 7) is 1.58. The van der Waals surface area contributed by atoms with Crippen LogP contribution in [0.2, 0.25) is 5.28 Å². The number of nitrogens with zero attached hydrogens (tertiary/aromatic N) is 3. The fourth-order valence-electron chi connectivity index (χ4n) is 2.54. The molecule has 1 N–H and O–H groups in total. The van der Waals surface area contributed by atoms with Gasteiger partial charge < -0.3 is 5.32 Å². The molecule has 7 heteroatoms. The average Bonchev–Trinajstić information content (AvgIpc) is 3.17. The molecule has 0 aliphatic heterocycles. The highest BCUT2D eigenvalue weighted by atomic mass is 35.5. The average molecular weight is 283 g/mol. The van der Waals surface area contributed by atoms with E-state index in [1.807, 2.05) is 0 Å². The van der Waals surface area contributed by atoms with Crippen molar-refractivity contribution >= 4 is 23.1 Å². The van der Waals surface area contributed by atoms with Gasteiger partial charge >= 0.3 is 5.69 Å². The van der Waals surface area contributed by atoms with Gasteiger partial charge in [-0.3, -0.25) is 10.1 Å². The van der Waals surface area contributed by atoms with Crippen LogP contribution in [-0.4, -0.2) is 20.9 Å². The molecule has 1 aromatic heterocycles. The molecule has 1 heterocycles. The first-order valence-corrected chi connectivity index (χ1v) is 6.89. The molecular weight excluding hydrogens is 268 g/mol. The monoisotopic (exact) mass is 282 g/mol. The van der Waals surface area contributed by atoms with Crippen LogP contribution in [0.5, 0.6) is 0 Å². The largest absolute Gasteiger partial charge is 0.361 e. The first-order chi connectivity index (χ1) is 9.06. The summed E-state index contributed by atoms with van der Waals surface area (Å²) in [5.41, 5.74) is 0.244. The van der Waals surface area contributed by atoms with E-state index >= 15 is 0 Å². The van der Waals surface area contributed by atoms with Crippen LogP contribution >= 0.6 is 11.6 Å². The predicted octanol–water partition coefficient (Wildman–Crippen LogP) is 2.95. The number of halogens is 1. The van der Waals surface area contributed by atoms with E-state index in [9.17, 15) is 10.1 Å². The highest BCUT2D eigenvalue weighted by Gasteiger charge is 2.42. The van der Waals surface area contributed by atoms with Gasteiger partial charge in [-0.25, -0.2) is 4.98 Å². The highest BCUT2D eigenvalue weighted by Crippen LogP contribution is 2.46. The molecule has 0 bridgehead atoms. The summed E-state index contributed by atoms with van der Waals surface area (Å²) in [6, 6.07) is 0.295. The Morgan fingerprint density at radius 3 is 2.37 bits per heavy atom. The number of hydrogen-bond acceptors (Lipinski definition) is 5. The van der Waals surface area contributed by atoms with Crippen molar-refractivity contribution in [2.45, 2.75) is 38.6 Å². The molecule has 0 aromatic carbocycles. The van der Waals surface area contributed by atoms with Crippen molar-refractivity contribution in [2.75, 3.05) is 5.32 Å². The van der Waals surface area contributed by atoms with Crippen molar-refractivity contribution in [3.05, 3.63) is 21.1 Å². The third kappa shape index (κ3) is 2.63. The summed E-state index contributed by atoms with van der Waals surface area (Å²) >= 11 is 5.82. The second kappa shape index (κ2) is 4.59. The van der Waals surface area contributed by atoms with Crippen LogP contribution in [-0.2, 0) is 0 Å². The van der Waals surface area contributed by atoms with E-state index in [4.69, 9.17) is 11.6 Å². The molecule has 2 saturated carbocycles. The molecule has 0 spiro atoms.